The molecule has 0 spiro atoms. The first-order valence-electron chi connectivity index (χ1n) is 10.8. The lowest BCUT2D eigenvalue weighted by Gasteiger charge is -2.00. The van der Waals surface area contributed by atoms with Crippen molar-refractivity contribution in [2.45, 2.75) is 46.0 Å². The zero-order valence-corrected chi connectivity index (χ0v) is 18.1. The molecule has 0 bridgehead atoms. The Morgan fingerprint density at radius 1 is 0.581 bits per heavy atom. The normalized spacial score (nSPS) is 10.1. The van der Waals surface area contributed by atoms with Gasteiger partial charge in [0.25, 0.3) is 0 Å². The van der Waals surface area contributed by atoms with Gasteiger partial charge in [-0.15, -0.1) is 0 Å². The van der Waals surface area contributed by atoms with Crippen molar-refractivity contribution >= 4 is 0 Å². The molecule has 0 amide bonds. The van der Waals surface area contributed by atoms with Crippen LogP contribution in [0.4, 0.5) is 8.78 Å². The largest absolute Gasteiger partial charge is 0.205 e. The number of aryl methyl sites for hydroxylation is 2. The van der Waals surface area contributed by atoms with E-state index in [9.17, 15) is 8.78 Å². The van der Waals surface area contributed by atoms with Crippen LogP contribution >= 0.6 is 0 Å². The summed E-state index contributed by atoms with van der Waals surface area (Å²) in [6, 6.07) is 18.2. The lowest BCUT2D eigenvalue weighted by Crippen LogP contribution is -1.93. The Morgan fingerprint density at radius 2 is 1.06 bits per heavy atom. The molecule has 0 aliphatic rings. The lowest BCUT2D eigenvalue weighted by molar-refractivity contribution is 0.577. The predicted molar refractivity (Wildman–Crippen MR) is 124 cm³/mol. The van der Waals surface area contributed by atoms with Crippen molar-refractivity contribution < 1.29 is 8.78 Å². The number of benzene rings is 3. The van der Waals surface area contributed by atoms with Crippen LogP contribution in [0.15, 0.2) is 60.7 Å². The Morgan fingerprint density at radius 3 is 1.58 bits per heavy atom. The highest BCUT2D eigenvalue weighted by molar-refractivity contribution is 5.49. The molecule has 0 heterocycles. The summed E-state index contributed by atoms with van der Waals surface area (Å²) in [6.07, 6.45) is 5.42. The average Bonchev–Trinajstić information content (AvgIpc) is 2.77. The van der Waals surface area contributed by atoms with Gasteiger partial charge in [0, 0.05) is 16.7 Å². The average molecular weight is 413 g/mol. The van der Waals surface area contributed by atoms with Gasteiger partial charge in [0.15, 0.2) is 0 Å². The van der Waals surface area contributed by atoms with Crippen LogP contribution in [0.1, 0.15) is 66.5 Å². The van der Waals surface area contributed by atoms with Crippen LogP contribution in [-0.2, 0) is 12.8 Å². The third-order valence-corrected chi connectivity index (χ3v) is 4.99. The molecule has 0 aromatic heterocycles. The third kappa shape index (κ3) is 6.56. The molecule has 0 N–H and O–H groups in total. The van der Waals surface area contributed by atoms with Gasteiger partial charge in [-0.25, -0.2) is 8.78 Å². The summed E-state index contributed by atoms with van der Waals surface area (Å²) in [5, 5.41) is 0. The molecule has 0 fully saturated rings. The molecule has 31 heavy (non-hydrogen) atoms. The van der Waals surface area contributed by atoms with Crippen molar-refractivity contribution in [1.82, 2.24) is 0 Å². The molecular formula is C29H26F2. The summed E-state index contributed by atoms with van der Waals surface area (Å²) in [6.45, 7) is 4.29. The van der Waals surface area contributed by atoms with Crippen LogP contribution in [0.3, 0.4) is 0 Å². The van der Waals surface area contributed by atoms with Gasteiger partial charge in [0.1, 0.15) is 11.6 Å². The van der Waals surface area contributed by atoms with Gasteiger partial charge in [0.05, 0.1) is 5.56 Å². The van der Waals surface area contributed by atoms with Gasteiger partial charge in [-0.3, -0.25) is 0 Å². The minimum absolute atomic E-state index is 0.232. The van der Waals surface area contributed by atoms with E-state index in [-0.39, 0.29) is 5.56 Å². The highest BCUT2D eigenvalue weighted by Gasteiger charge is 2.08. The van der Waals surface area contributed by atoms with Crippen LogP contribution in [0.2, 0.25) is 0 Å². The summed E-state index contributed by atoms with van der Waals surface area (Å²) < 4.78 is 28.9. The number of hydrogen-bond donors (Lipinski definition) is 0. The van der Waals surface area contributed by atoms with Gasteiger partial charge < -0.3 is 0 Å². The van der Waals surface area contributed by atoms with Crippen molar-refractivity contribution in [1.29, 1.82) is 0 Å². The number of rotatable bonds is 5. The minimum Gasteiger partial charge on any atom is -0.205 e. The van der Waals surface area contributed by atoms with E-state index in [4.69, 9.17) is 0 Å². The second-order valence-corrected chi connectivity index (χ2v) is 7.56. The Kier molecular flexibility index (Phi) is 8.03. The molecule has 0 nitrogen and oxygen atoms in total. The van der Waals surface area contributed by atoms with Gasteiger partial charge in [-0.1, -0.05) is 74.6 Å². The summed E-state index contributed by atoms with van der Waals surface area (Å²) in [4.78, 5) is 0. The number of halogens is 2. The second kappa shape index (κ2) is 11.1. The van der Waals surface area contributed by atoms with E-state index in [1.165, 1.54) is 23.3 Å². The van der Waals surface area contributed by atoms with Crippen molar-refractivity contribution in [3.05, 3.63) is 106 Å². The summed E-state index contributed by atoms with van der Waals surface area (Å²) in [5.41, 5.74) is 4.10. The molecule has 0 radical (unpaired) electrons. The standard InChI is InChI=1S/C29H26F2/c1-3-5-7-23-10-14-25(15-11-23)18-19-27-28(30)20-26(21-29(27)31)17-16-24-12-8-22(6-4-2)9-13-24/h8-15,20-21H,3-7H2,1-2H3. The van der Waals surface area contributed by atoms with E-state index >= 15 is 0 Å². The van der Waals surface area contributed by atoms with Crippen molar-refractivity contribution in [2.75, 3.05) is 0 Å². The molecular weight excluding hydrogens is 386 g/mol. The highest BCUT2D eigenvalue weighted by atomic mass is 19.1. The number of hydrogen-bond acceptors (Lipinski definition) is 0. The fraction of sp³-hybridized carbons (Fsp3) is 0.241. The Labute approximate surface area is 184 Å². The Balaban J connectivity index is 1.75. The smallest absolute Gasteiger partial charge is 0.143 e. The molecule has 2 heteroatoms. The van der Waals surface area contributed by atoms with Crippen LogP contribution in [0.25, 0.3) is 0 Å². The highest BCUT2D eigenvalue weighted by Crippen LogP contribution is 2.15. The van der Waals surface area contributed by atoms with Crippen LogP contribution in [0, 0.1) is 35.3 Å². The maximum Gasteiger partial charge on any atom is 0.143 e. The van der Waals surface area contributed by atoms with Crippen LogP contribution in [0.5, 0.6) is 0 Å². The fourth-order valence-electron chi connectivity index (χ4n) is 3.22. The van der Waals surface area contributed by atoms with E-state index < -0.39 is 11.6 Å². The van der Waals surface area contributed by atoms with Gasteiger partial charge in [0.2, 0.25) is 0 Å². The molecule has 0 unspecified atom stereocenters. The summed E-state index contributed by atoms with van der Waals surface area (Å²) in [7, 11) is 0. The maximum atomic E-state index is 14.5. The van der Waals surface area contributed by atoms with Crippen LogP contribution in [-0.4, -0.2) is 0 Å². The monoisotopic (exact) mass is 412 g/mol. The van der Waals surface area contributed by atoms with E-state index in [0.717, 1.165) is 43.2 Å². The predicted octanol–water partition coefficient (Wildman–Crippen LogP) is 7.06. The lowest BCUT2D eigenvalue weighted by atomic mass is 10.1. The van der Waals surface area contributed by atoms with Crippen molar-refractivity contribution in [3.8, 4) is 23.7 Å². The molecule has 156 valence electrons. The molecule has 0 aliphatic heterocycles. The van der Waals surface area contributed by atoms with E-state index in [1.54, 1.807) is 0 Å². The summed E-state index contributed by atoms with van der Waals surface area (Å²) in [5.74, 6) is 9.89. The topological polar surface area (TPSA) is 0 Å². The van der Waals surface area contributed by atoms with E-state index in [0.29, 0.717) is 5.56 Å². The Bertz CT molecular complexity index is 1110. The molecule has 3 aromatic carbocycles. The van der Waals surface area contributed by atoms with Gasteiger partial charge >= 0.3 is 0 Å². The molecule has 3 rings (SSSR count). The zero-order chi connectivity index (χ0) is 22.1. The zero-order valence-electron chi connectivity index (χ0n) is 18.1. The quantitative estimate of drug-likeness (QED) is 0.394. The minimum atomic E-state index is -0.699. The van der Waals surface area contributed by atoms with Gasteiger partial charge in [-0.2, -0.15) is 0 Å². The Hall–Kier alpha value is -3.36. The van der Waals surface area contributed by atoms with Gasteiger partial charge in [-0.05, 0) is 66.8 Å². The van der Waals surface area contributed by atoms with Crippen LogP contribution < -0.4 is 0 Å². The number of unbranched alkanes of at least 4 members (excludes halogenated alkanes) is 1. The molecule has 0 aliphatic carbocycles. The van der Waals surface area contributed by atoms with Crippen molar-refractivity contribution in [3.63, 3.8) is 0 Å². The SMILES string of the molecule is CCCCc1ccc(C#Cc2c(F)cc(C#Cc3ccc(CCC)cc3)cc2F)cc1. The molecule has 0 atom stereocenters. The van der Waals surface area contributed by atoms with Crippen molar-refractivity contribution in [2.24, 2.45) is 0 Å². The summed E-state index contributed by atoms with van der Waals surface area (Å²) >= 11 is 0. The second-order valence-electron chi connectivity index (χ2n) is 7.56. The fourth-order valence-corrected chi connectivity index (χ4v) is 3.22. The van der Waals surface area contributed by atoms with E-state index in [2.05, 4.69) is 37.5 Å². The molecule has 3 aromatic rings. The first-order valence-corrected chi connectivity index (χ1v) is 10.8. The maximum absolute atomic E-state index is 14.5. The first-order chi connectivity index (χ1) is 15.1. The molecule has 0 saturated heterocycles. The van der Waals surface area contributed by atoms with E-state index in [1.807, 2.05) is 48.5 Å². The molecule has 0 saturated carbocycles. The first kappa shape index (κ1) is 22.3. The third-order valence-electron chi connectivity index (χ3n) is 4.99.